The van der Waals surface area contributed by atoms with Crippen LogP contribution in [-0.4, -0.2) is 25.8 Å². The molecule has 3 heteroatoms. The standard InChI is InChI=1S/C7H13NO2/c1-4-10-7(9)6(2)5-8-3/h5-6H,4H2,1-3H3. The highest BCUT2D eigenvalue weighted by molar-refractivity contribution is 5.89. The lowest BCUT2D eigenvalue weighted by molar-refractivity contribution is -0.144. The van der Waals surface area contributed by atoms with Crippen molar-refractivity contribution in [1.82, 2.24) is 0 Å². The molecule has 0 rings (SSSR count). The maximum absolute atomic E-state index is 10.8. The second kappa shape index (κ2) is 4.97. The lowest BCUT2D eigenvalue weighted by Gasteiger charge is -2.03. The van der Waals surface area contributed by atoms with Gasteiger partial charge < -0.3 is 4.74 Å². The van der Waals surface area contributed by atoms with Gasteiger partial charge in [0.1, 0.15) is 0 Å². The monoisotopic (exact) mass is 143 g/mol. The SMILES string of the molecule is CCOC(=O)C(C)C=NC. The highest BCUT2D eigenvalue weighted by Gasteiger charge is 2.09. The van der Waals surface area contributed by atoms with Crippen LogP contribution in [0.15, 0.2) is 4.99 Å². The number of hydrogen-bond acceptors (Lipinski definition) is 3. The minimum absolute atomic E-state index is 0.215. The Bertz CT molecular complexity index is 132. The molecule has 0 aliphatic heterocycles. The Morgan fingerprint density at radius 1 is 1.80 bits per heavy atom. The van der Waals surface area contributed by atoms with E-state index in [1.54, 1.807) is 27.1 Å². The molecule has 1 atom stereocenters. The summed E-state index contributed by atoms with van der Waals surface area (Å²) in [5.41, 5.74) is 0. The molecule has 3 nitrogen and oxygen atoms in total. The lowest BCUT2D eigenvalue weighted by atomic mass is 10.2. The van der Waals surface area contributed by atoms with Crippen LogP contribution in [0.4, 0.5) is 0 Å². The molecular formula is C7H13NO2. The van der Waals surface area contributed by atoms with Gasteiger partial charge in [-0.2, -0.15) is 0 Å². The van der Waals surface area contributed by atoms with E-state index in [2.05, 4.69) is 4.99 Å². The maximum Gasteiger partial charge on any atom is 0.314 e. The van der Waals surface area contributed by atoms with E-state index < -0.39 is 0 Å². The maximum atomic E-state index is 10.8. The van der Waals surface area contributed by atoms with Crippen molar-refractivity contribution in [2.75, 3.05) is 13.7 Å². The Hall–Kier alpha value is -0.860. The largest absolute Gasteiger partial charge is 0.466 e. The molecule has 0 aromatic heterocycles. The van der Waals surface area contributed by atoms with Crippen LogP contribution in [0.5, 0.6) is 0 Å². The van der Waals surface area contributed by atoms with Crippen molar-refractivity contribution in [3.05, 3.63) is 0 Å². The highest BCUT2D eigenvalue weighted by Crippen LogP contribution is 1.93. The van der Waals surface area contributed by atoms with Crippen LogP contribution in [0.1, 0.15) is 13.8 Å². The number of hydrogen-bond donors (Lipinski definition) is 0. The molecule has 0 spiro atoms. The first-order valence-electron chi connectivity index (χ1n) is 3.31. The van der Waals surface area contributed by atoms with Gasteiger partial charge in [0.2, 0.25) is 0 Å². The van der Waals surface area contributed by atoms with Crippen molar-refractivity contribution in [3.63, 3.8) is 0 Å². The molecule has 0 fully saturated rings. The predicted octanol–water partition coefficient (Wildman–Crippen LogP) is 0.886. The van der Waals surface area contributed by atoms with Crippen LogP contribution in [0, 0.1) is 5.92 Å². The number of ether oxygens (including phenoxy) is 1. The number of carbonyl (C=O) groups excluding carboxylic acids is 1. The lowest BCUT2D eigenvalue weighted by Crippen LogP contribution is -2.15. The van der Waals surface area contributed by atoms with E-state index in [-0.39, 0.29) is 11.9 Å². The van der Waals surface area contributed by atoms with Crippen molar-refractivity contribution < 1.29 is 9.53 Å². The van der Waals surface area contributed by atoms with Crippen molar-refractivity contribution in [3.8, 4) is 0 Å². The molecule has 0 aliphatic rings. The summed E-state index contributed by atoms with van der Waals surface area (Å²) in [6.45, 7) is 3.97. The normalized spacial score (nSPS) is 13.5. The van der Waals surface area contributed by atoms with E-state index in [9.17, 15) is 4.79 Å². The fraction of sp³-hybridized carbons (Fsp3) is 0.714. The molecule has 0 radical (unpaired) electrons. The van der Waals surface area contributed by atoms with Crippen molar-refractivity contribution in [2.24, 2.45) is 10.9 Å². The molecule has 0 amide bonds. The summed E-state index contributed by atoms with van der Waals surface area (Å²) >= 11 is 0. The van der Waals surface area contributed by atoms with Gasteiger partial charge in [-0.1, -0.05) is 0 Å². The minimum Gasteiger partial charge on any atom is -0.466 e. The highest BCUT2D eigenvalue weighted by atomic mass is 16.5. The number of esters is 1. The van der Waals surface area contributed by atoms with E-state index >= 15 is 0 Å². The first kappa shape index (κ1) is 9.14. The molecule has 0 saturated carbocycles. The summed E-state index contributed by atoms with van der Waals surface area (Å²) in [5.74, 6) is -0.432. The van der Waals surface area contributed by atoms with E-state index in [4.69, 9.17) is 4.74 Å². The Morgan fingerprint density at radius 3 is 2.80 bits per heavy atom. The molecule has 1 unspecified atom stereocenters. The second-order valence-corrected chi connectivity index (χ2v) is 1.95. The van der Waals surface area contributed by atoms with Crippen LogP contribution in [0.2, 0.25) is 0 Å². The van der Waals surface area contributed by atoms with Gasteiger partial charge in [0.05, 0.1) is 12.5 Å². The van der Waals surface area contributed by atoms with E-state index in [0.717, 1.165) is 0 Å². The average molecular weight is 143 g/mol. The zero-order valence-electron chi connectivity index (χ0n) is 6.63. The van der Waals surface area contributed by atoms with Gasteiger partial charge in [0, 0.05) is 13.3 Å². The number of aliphatic imine (C=N–C) groups is 1. The molecule has 10 heavy (non-hydrogen) atoms. The fourth-order valence-corrected chi connectivity index (χ4v) is 0.558. The summed E-state index contributed by atoms with van der Waals surface area (Å²) in [5, 5.41) is 0. The zero-order chi connectivity index (χ0) is 7.98. The van der Waals surface area contributed by atoms with Crippen molar-refractivity contribution in [1.29, 1.82) is 0 Å². The summed E-state index contributed by atoms with van der Waals surface area (Å²) in [6.07, 6.45) is 1.57. The van der Waals surface area contributed by atoms with Crippen LogP contribution < -0.4 is 0 Å². The summed E-state index contributed by atoms with van der Waals surface area (Å²) in [4.78, 5) is 14.5. The Labute approximate surface area is 61.1 Å². The van der Waals surface area contributed by atoms with E-state index in [1.807, 2.05) is 0 Å². The molecule has 0 bridgehead atoms. The number of nitrogens with zero attached hydrogens (tertiary/aromatic N) is 1. The van der Waals surface area contributed by atoms with Crippen molar-refractivity contribution >= 4 is 12.2 Å². The van der Waals surface area contributed by atoms with Gasteiger partial charge in [-0.15, -0.1) is 0 Å². The first-order valence-corrected chi connectivity index (χ1v) is 3.31. The first-order chi connectivity index (χ1) is 4.72. The van der Waals surface area contributed by atoms with Crippen LogP contribution in [0.25, 0.3) is 0 Å². The summed E-state index contributed by atoms with van der Waals surface area (Å²) in [7, 11) is 1.63. The predicted molar refractivity (Wildman–Crippen MR) is 40.2 cm³/mol. The van der Waals surface area contributed by atoms with Crippen LogP contribution >= 0.6 is 0 Å². The smallest absolute Gasteiger partial charge is 0.314 e. The third-order valence-electron chi connectivity index (χ3n) is 1.03. The van der Waals surface area contributed by atoms with Gasteiger partial charge in [0.25, 0.3) is 0 Å². The van der Waals surface area contributed by atoms with Crippen LogP contribution in [0.3, 0.4) is 0 Å². The topological polar surface area (TPSA) is 38.7 Å². The Balaban J connectivity index is 3.70. The summed E-state index contributed by atoms with van der Waals surface area (Å²) < 4.78 is 4.73. The quantitative estimate of drug-likeness (QED) is 0.434. The second-order valence-electron chi connectivity index (χ2n) is 1.95. The minimum atomic E-state index is -0.218. The van der Waals surface area contributed by atoms with Crippen molar-refractivity contribution in [2.45, 2.75) is 13.8 Å². The Morgan fingerprint density at radius 2 is 2.40 bits per heavy atom. The third kappa shape index (κ3) is 3.22. The number of carbonyl (C=O) groups is 1. The molecular weight excluding hydrogens is 130 g/mol. The van der Waals surface area contributed by atoms with E-state index in [0.29, 0.717) is 6.61 Å². The molecule has 0 aromatic rings. The van der Waals surface area contributed by atoms with Gasteiger partial charge in [-0.25, -0.2) is 0 Å². The molecule has 0 aromatic carbocycles. The molecule has 0 N–H and O–H groups in total. The molecule has 0 saturated heterocycles. The van der Waals surface area contributed by atoms with E-state index in [1.165, 1.54) is 0 Å². The summed E-state index contributed by atoms with van der Waals surface area (Å²) in [6, 6.07) is 0. The molecule has 58 valence electrons. The fourth-order valence-electron chi connectivity index (χ4n) is 0.558. The Kier molecular flexibility index (Phi) is 4.54. The molecule has 0 aliphatic carbocycles. The zero-order valence-corrected chi connectivity index (χ0v) is 6.63. The number of rotatable bonds is 3. The molecule has 0 heterocycles. The van der Waals surface area contributed by atoms with Gasteiger partial charge in [-0.05, 0) is 13.8 Å². The van der Waals surface area contributed by atoms with Crippen LogP contribution in [-0.2, 0) is 9.53 Å². The van der Waals surface area contributed by atoms with Gasteiger partial charge >= 0.3 is 5.97 Å². The third-order valence-corrected chi connectivity index (χ3v) is 1.03. The van der Waals surface area contributed by atoms with Gasteiger partial charge in [-0.3, -0.25) is 9.79 Å². The van der Waals surface area contributed by atoms with Gasteiger partial charge in [0.15, 0.2) is 0 Å². The average Bonchev–Trinajstić information content (AvgIpc) is 1.89.